The van der Waals surface area contributed by atoms with E-state index in [0.717, 1.165) is 24.1 Å². The average molecular weight is 520 g/mol. The van der Waals surface area contributed by atoms with Crippen molar-refractivity contribution in [2.45, 2.75) is 58.4 Å². The molecule has 7 nitrogen and oxygen atoms in total. The molecule has 198 valence electrons. The van der Waals surface area contributed by atoms with Crippen LogP contribution in [-0.4, -0.2) is 50.1 Å². The van der Waals surface area contributed by atoms with Crippen LogP contribution in [0, 0.1) is 11.2 Å². The third kappa shape index (κ3) is 4.48. The fourth-order valence-corrected chi connectivity index (χ4v) is 5.43. The van der Waals surface area contributed by atoms with Gasteiger partial charge in [-0.1, -0.05) is 20.8 Å². The highest BCUT2D eigenvalue weighted by Crippen LogP contribution is 2.35. The summed E-state index contributed by atoms with van der Waals surface area (Å²) in [5.41, 5.74) is -0.381. The minimum absolute atomic E-state index is 0.0786. The van der Waals surface area contributed by atoms with E-state index in [9.17, 15) is 27.2 Å². The first-order chi connectivity index (χ1) is 17.2. The molecule has 1 aromatic carbocycles. The van der Waals surface area contributed by atoms with Crippen LogP contribution in [0.25, 0.3) is 11.2 Å². The van der Waals surface area contributed by atoms with Crippen molar-refractivity contribution in [2.75, 3.05) is 18.0 Å². The number of benzene rings is 1. The molecule has 0 saturated carbocycles. The lowest BCUT2D eigenvalue weighted by Crippen LogP contribution is -2.64. The lowest BCUT2D eigenvalue weighted by Gasteiger charge is -2.52. The van der Waals surface area contributed by atoms with Crippen LogP contribution in [-0.2, 0) is 19.8 Å². The number of carbonyl (C=O) groups is 1. The van der Waals surface area contributed by atoms with Crippen molar-refractivity contribution in [1.82, 2.24) is 19.0 Å². The molecule has 3 saturated heterocycles. The Morgan fingerprint density at radius 2 is 1.76 bits per heavy atom. The second kappa shape index (κ2) is 8.59. The zero-order valence-corrected chi connectivity index (χ0v) is 21.1. The minimum Gasteiger partial charge on any atom is -0.350 e. The fraction of sp³-hybridized carbons (Fsp3) is 0.500. The molecule has 2 atom stereocenters. The van der Waals surface area contributed by atoms with Gasteiger partial charge in [0, 0.05) is 38.8 Å². The van der Waals surface area contributed by atoms with E-state index >= 15 is 0 Å². The van der Waals surface area contributed by atoms with Gasteiger partial charge in [0.2, 0.25) is 0 Å². The van der Waals surface area contributed by atoms with E-state index in [0.29, 0.717) is 43.6 Å². The van der Waals surface area contributed by atoms with Gasteiger partial charge >= 0.3 is 11.9 Å². The number of piperidine rings is 2. The number of amides is 1. The molecule has 2 unspecified atom stereocenters. The largest absolute Gasteiger partial charge is 0.416 e. The number of hydrogen-bond donors (Lipinski definition) is 0. The normalized spacial score (nSPS) is 20.2. The second-order valence-corrected chi connectivity index (χ2v) is 11.2. The Hall–Kier alpha value is -3.37. The highest BCUT2D eigenvalue weighted by atomic mass is 19.4. The number of fused-ring (bicyclic) bond motifs is 4. The zero-order valence-electron chi connectivity index (χ0n) is 21.1. The van der Waals surface area contributed by atoms with E-state index < -0.39 is 23.5 Å². The van der Waals surface area contributed by atoms with Gasteiger partial charge in [-0.15, -0.1) is 0 Å². The summed E-state index contributed by atoms with van der Waals surface area (Å²) in [6, 6.07) is 5.49. The number of carbonyl (C=O) groups excluding carboxylic acids is 1. The van der Waals surface area contributed by atoms with E-state index in [4.69, 9.17) is 4.98 Å². The van der Waals surface area contributed by atoms with E-state index in [1.54, 1.807) is 16.5 Å². The Balaban J connectivity index is 1.39. The average Bonchev–Trinajstić information content (AvgIpc) is 3.06. The predicted octanol–water partition coefficient (Wildman–Crippen LogP) is 4.43. The Morgan fingerprint density at radius 1 is 1.05 bits per heavy atom. The molecule has 3 aliphatic rings. The first-order valence-corrected chi connectivity index (χ1v) is 12.3. The molecule has 2 bridgehead atoms. The summed E-state index contributed by atoms with van der Waals surface area (Å²) in [5.74, 6) is -1.09. The number of hydrogen-bond acceptors (Lipinski definition) is 4. The van der Waals surface area contributed by atoms with Gasteiger partial charge in [0.25, 0.3) is 5.91 Å². The number of alkyl halides is 3. The number of halogens is 4. The van der Waals surface area contributed by atoms with Gasteiger partial charge in [0.15, 0.2) is 5.65 Å². The minimum atomic E-state index is -4.68. The van der Waals surface area contributed by atoms with Crippen LogP contribution >= 0.6 is 0 Å². The Morgan fingerprint density at radius 3 is 2.35 bits per heavy atom. The molecule has 37 heavy (non-hydrogen) atoms. The molecule has 0 N–H and O–H groups in total. The summed E-state index contributed by atoms with van der Waals surface area (Å²) < 4.78 is 56.5. The van der Waals surface area contributed by atoms with Crippen molar-refractivity contribution in [1.29, 1.82) is 0 Å². The number of piperazine rings is 1. The van der Waals surface area contributed by atoms with Crippen molar-refractivity contribution in [2.24, 2.45) is 12.5 Å². The molecule has 2 aromatic heterocycles. The molecule has 3 fully saturated rings. The highest BCUT2D eigenvalue weighted by Gasteiger charge is 2.42. The number of imidazole rings is 1. The zero-order chi connectivity index (χ0) is 26.9. The number of pyridine rings is 1. The molecule has 1 amide bonds. The third-order valence-corrected chi connectivity index (χ3v) is 7.21. The van der Waals surface area contributed by atoms with Crippen molar-refractivity contribution in [3.8, 4) is 0 Å². The topological polar surface area (TPSA) is 63.4 Å². The molecule has 3 aromatic rings. The second-order valence-electron chi connectivity index (χ2n) is 11.2. The molecular formula is C26H29F4N5O2. The predicted molar refractivity (Wildman–Crippen MR) is 131 cm³/mol. The SMILES string of the molecule is Cn1c(=O)n(CC(C)(C)C)c2ccc(N3CC4CCC3CN4C(=O)c3ccc(C(F)(F)F)cc3F)nc21. The summed E-state index contributed by atoms with van der Waals surface area (Å²) in [6.45, 7) is 7.52. The molecule has 0 aliphatic carbocycles. The van der Waals surface area contributed by atoms with Crippen LogP contribution in [0.4, 0.5) is 23.4 Å². The lowest BCUT2D eigenvalue weighted by atomic mass is 9.90. The van der Waals surface area contributed by atoms with Crippen LogP contribution in [0.2, 0.25) is 0 Å². The molecular weight excluding hydrogens is 490 g/mol. The monoisotopic (exact) mass is 519 g/mol. The van der Waals surface area contributed by atoms with Crippen LogP contribution in [0.1, 0.15) is 49.5 Å². The van der Waals surface area contributed by atoms with Gasteiger partial charge in [-0.25, -0.2) is 14.2 Å². The van der Waals surface area contributed by atoms with Gasteiger partial charge in [0.1, 0.15) is 11.6 Å². The van der Waals surface area contributed by atoms with Crippen molar-refractivity contribution in [3.63, 3.8) is 0 Å². The summed E-state index contributed by atoms with van der Waals surface area (Å²) in [6.07, 6.45) is -3.18. The summed E-state index contributed by atoms with van der Waals surface area (Å²) >= 11 is 0. The summed E-state index contributed by atoms with van der Waals surface area (Å²) in [7, 11) is 1.70. The lowest BCUT2D eigenvalue weighted by molar-refractivity contribution is -0.137. The van der Waals surface area contributed by atoms with Crippen molar-refractivity contribution >= 4 is 22.9 Å². The molecule has 11 heteroatoms. The first kappa shape index (κ1) is 25.3. The van der Waals surface area contributed by atoms with Crippen LogP contribution < -0.4 is 10.6 Å². The van der Waals surface area contributed by atoms with Crippen molar-refractivity contribution in [3.05, 3.63) is 57.8 Å². The molecule has 6 rings (SSSR count). The van der Waals surface area contributed by atoms with Gasteiger partial charge in [-0.05, 0) is 48.6 Å². The molecule has 0 radical (unpaired) electrons. The van der Waals surface area contributed by atoms with E-state index in [1.807, 2.05) is 12.1 Å². The summed E-state index contributed by atoms with van der Waals surface area (Å²) in [5, 5.41) is 0. The first-order valence-electron chi connectivity index (χ1n) is 12.3. The number of rotatable bonds is 3. The highest BCUT2D eigenvalue weighted by molar-refractivity contribution is 5.95. The molecule has 0 spiro atoms. The van der Waals surface area contributed by atoms with E-state index in [-0.39, 0.29) is 28.8 Å². The molecule has 3 aliphatic heterocycles. The number of nitrogens with zero attached hydrogens (tertiary/aromatic N) is 5. The van der Waals surface area contributed by atoms with E-state index in [2.05, 4.69) is 25.7 Å². The van der Waals surface area contributed by atoms with Gasteiger partial charge in [-0.3, -0.25) is 13.9 Å². The number of aryl methyl sites for hydroxylation is 1. The Bertz CT molecular complexity index is 1440. The maximum Gasteiger partial charge on any atom is 0.416 e. The van der Waals surface area contributed by atoms with Crippen LogP contribution in [0.5, 0.6) is 0 Å². The molecule has 5 heterocycles. The quantitative estimate of drug-likeness (QED) is 0.481. The van der Waals surface area contributed by atoms with Crippen molar-refractivity contribution < 1.29 is 22.4 Å². The summed E-state index contributed by atoms with van der Waals surface area (Å²) in [4.78, 5) is 34.5. The van der Waals surface area contributed by atoms with Gasteiger partial charge in [-0.2, -0.15) is 13.2 Å². The fourth-order valence-electron chi connectivity index (χ4n) is 5.43. The Labute approximate surface area is 211 Å². The smallest absolute Gasteiger partial charge is 0.350 e. The number of aromatic nitrogens is 3. The van der Waals surface area contributed by atoms with Crippen LogP contribution in [0.3, 0.4) is 0 Å². The maximum absolute atomic E-state index is 14.5. The standard InChI is InChI=1S/C26H29F4N5O2/c1-25(2,3)14-35-20-9-10-21(31-22(20)32(4)24(35)37)33-12-17-7-6-16(33)13-34(17)23(36)18-8-5-15(11-19(18)27)26(28,29)30/h5,8-11,16-17H,6-7,12-14H2,1-4H3. The van der Waals surface area contributed by atoms with Gasteiger partial charge in [0.05, 0.1) is 16.6 Å². The third-order valence-electron chi connectivity index (χ3n) is 7.21. The van der Waals surface area contributed by atoms with Gasteiger partial charge < -0.3 is 9.80 Å². The Kier molecular flexibility index (Phi) is 5.87. The maximum atomic E-state index is 14.5. The van der Waals surface area contributed by atoms with Crippen LogP contribution in [0.15, 0.2) is 35.1 Å². The number of anilines is 1. The van der Waals surface area contributed by atoms with E-state index in [1.165, 1.54) is 4.57 Å².